The predicted octanol–water partition coefficient (Wildman–Crippen LogP) is 4.54. The second-order valence-electron chi connectivity index (χ2n) is 10.0. The van der Waals surface area contributed by atoms with Crippen LogP contribution >= 0.6 is 0 Å². The first-order valence-corrected chi connectivity index (χ1v) is 10.7. The Morgan fingerprint density at radius 2 is 1.94 bits per heavy atom. The number of ether oxygens (including phenoxy) is 1. The van der Waals surface area contributed by atoms with Gasteiger partial charge in [0.05, 0.1) is 11.9 Å². The Labute approximate surface area is 185 Å². The molecule has 0 radical (unpaired) electrons. The van der Waals surface area contributed by atoms with Crippen LogP contribution < -0.4 is 15.0 Å². The van der Waals surface area contributed by atoms with Crippen LogP contribution in [0.4, 0.5) is 5.69 Å². The van der Waals surface area contributed by atoms with E-state index >= 15 is 0 Å². The number of hydrogen-bond donors (Lipinski definition) is 2. The molecule has 1 aliphatic rings. The number of nitrogens with zero attached hydrogens (tertiary/aromatic N) is 4. The van der Waals surface area contributed by atoms with Crippen LogP contribution in [0.2, 0.25) is 0 Å². The molecule has 1 fully saturated rings. The molecule has 0 bridgehead atoms. The molecule has 2 N–H and O–H groups in total. The van der Waals surface area contributed by atoms with Crippen LogP contribution in [0.25, 0.3) is 11.4 Å². The molecule has 2 atom stereocenters. The molecule has 168 valence electrons. The van der Waals surface area contributed by atoms with Gasteiger partial charge in [0.1, 0.15) is 23.2 Å². The van der Waals surface area contributed by atoms with Gasteiger partial charge in [0.2, 0.25) is 5.88 Å². The summed E-state index contributed by atoms with van der Waals surface area (Å²) in [6, 6.07) is 5.25. The van der Waals surface area contributed by atoms with Crippen molar-refractivity contribution >= 4 is 5.69 Å². The lowest BCUT2D eigenvalue weighted by Crippen LogP contribution is -2.64. The van der Waals surface area contributed by atoms with E-state index in [0.29, 0.717) is 23.2 Å². The van der Waals surface area contributed by atoms with Gasteiger partial charge in [-0.05, 0) is 47.6 Å². The van der Waals surface area contributed by atoms with Crippen molar-refractivity contribution in [2.75, 3.05) is 11.9 Å². The third kappa shape index (κ3) is 5.34. The minimum Gasteiger partial charge on any atom is -0.506 e. The van der Waals surface area contributed by atoms with E-state index < -0.39 is 0 Å². The minimum atomic E-state index is -0.0457. The summed E-state index contributed by atoms with van der Waals surface area (Å²) in [6.45, 7) is 15.0. The van der Waals surface area contributed by atoms with E-state index in [0.717, 1.165) is 17.7 Å². The normalized spacial score (nSPS) is 21.9. The van der Waals surface area contributed by atoms with Crippen molar-refractivity contribution < 1.29 is 9.84 Å². The highest BCUT2D eigenvalue weighted by molar-refractivity contribution is 5.66. The van der Waals surface area contributed by atoms with E-state index in [1.807, 2.05) is 32.0 Å². The average molecular weight is 426 g/mol. The Bertz CT molecular complexity index is 949. The van der Waals surface area contributed by atoms with E-state index in [1.54, 1.807) is 24.4 Å². The monoisotopic (exact) mass is 425 g/mol. The highest BCUT2D eigenvalue weighted by Gasteiger charge is 2.44. The van der Waals surface area contributed by atoms with Gasteiger partial charge in [-0.2, -0.15) is 0 Å². The summed E-state index contributed by atoms with van der Waals surface area (Å²) in [4.78, 5) is 6.31. The molecule has 2 aromatic heterocycles. The fourth-order valence-electron chi connectivity index (χ4n) is 4.28. The zero-order valence-electron chi connectivity index (χ0n) is 19.9. The lowest BCUT2D eigenvalue weighted by Gasteiger charge is -2.50. The van der Waals surface area contributed by atoms with Gasteiger partial charge < -0.3 is 20.1 Å². The SMILES string of the molecule is CC(C)=CN(C)c1cnc(-c2ccc(O[C@H]3CC(C)(C)NC(C)(C)[C@H]3C)nn2)c(O)c1. The molecule has 3 heterocycles. The molecule has 0 unspecified atom stereocenters. The standard InChI is InChI=1S/C24H35N5O2/c1-15(2)14-29(8)17-11-19(30)22(25-13-17)18-9-10-21(27-26-18)31-20-12-23(4,5)28-24(6,7)16(20)3/h9-11,13-14,16,20,28,30H,12H2,1-8H3/t16-,20-/m0/s1. The zero-order valence-corrected chi connectivity index (χ0v) is 19.9. The third-order valence-corrected chi connectivity index (χ3v) is 5.94. The van der Waals surface area contributed by atoms with Crippen molar-refractivity contribution in [1.82, 2.24) is 20.5 Å². The molecule has 31 heavy (non-hydrogen) atoms. The molecular weight excluding hydrogens is 390 g/mol. The Balaban J connectivity index is 1.77. The quantitative estimate of drug-likeness (QED) is 0.728. The fraction of sp³-hybridized carbons (Fsp3) is 0.542. The molecule has 0 aromatic carbocycles. The molecule has 0 saturated carbocycles. The summed E-state index contributed by atoms with van der Waals surface area (Å²) in [7, 11) is 1.92. The number of allylic oxidation sites excluding steroid dienone is 1. The Hall–Kier alpha value is -2.67. The molecule has 0 amide bonds. The van der Waals surface area contributed by atoms with E-state index in [4.69, 9.17) is 4.74 Å². The minimum absolute atomic E-state index is 0.0236. The number of aromatic hydroxyl groups is 1. The molecule has 1 saturated heterocycles. The molecular formula is C24H35N5O2. The van der Waals surface area contributed by atoms with Crippen molar-refractivity contribution in [1.29, 1.82) is 0 Å². The fourth-order valence-corrected chi connectivity index (χ4v) is 4.28. The molecule has 0 spiro atoms. The van der Waals surface area contributed by atoms with Crippen LogP contribution in [-0.4, -0.2) is 44.5 Å². The van der Waals surface area contributed by atoms with Gasteiger partial charge in [-0.15, -0.1) is 10.2 Å². The first kappa shape index (κ1) is 23.0. The molecule has 7 heteroatoms. The second kappa shape index (κ2) is 8.46. The van der Waals surface area contributed by atoms with E-state index in [9.17, 15) is 5.11 Å². The number of hydrogen-bond acceptors (Lipinski definition) is 7. The van der Waals surface area contributed by atoms with Gasteiger partial charge in [0.15, 0.2) is 0 Å². The maximum Gasteiger partial charge on any atom is 0.233 e. The average Bonchev–Trinajstić information content (AvgIpc) is 2.65. The summed E-state index contributed by atoms with van der Waals surface area (Å²) in [6.07, 6.45) is 4.60. The van der Waals surface area contributed by atoms with E-state index in [2.05, 4.69) is 55.1 Å². The summed E-state index contributed by atoms with van der Waals surface area (Å²) >= 11 is 0. The predicted molar refractivity (Wildman–Crippen MR) is 124 cm³/mol. The summed E-state index contributed by atoms with van der Waals surface area (Å²) < 4.78 is 6.24. The number of piperidine rings is 1. The summed E-state index contributed by atoms with van der Waals surface area (Å²) in [5.41, 5.74) is 2.77. The first-order chi connectivity index (χ1) is 14.4. The first-order valence-electron chi connectivity index (χ1n) is 10.7. The smallest absolute Gasteiger partial charge is 0.233 e. The highest BCUT2D eigenvalue weighted by atomic mass is 16.5. The van der Waals surface area contributed by atoms with Crippen LogP contribution in [0.3, 0.4) is 0 Å². The molecule has 3 rings (SSSR count). The molecule has 2 aromatic rings. The lowest BCUT2D eigenvalue weighted by molar-refractivity contribution is -0.000168. The van der Waals surface area contributed by atoms with Gasteiger partial charge in [0.25, 0.3) is 0 Å². The van der Waals surface area contributed by atoms with Crippen molar-refractivity contribution in [3.63, 3.8) is 0 Å². The van der Waals surface area contributed by atoms with E-state index in [1.165, 1.54) is 0 Å². The van der Waals surface area contributed by atoms with Gasteiger partial charge >= 0.3 is 0 Å². The van der Waals surface area contributed by atoms with Crippen molar-refractivity contribution in [2.45, 2.75) is 72.1 Å². The summed E-state index contributed by atoms with van der Waals surface area (Å²) in [5.74, 6) is 0.844. The van der Waals surface area contributed by atoms with Gasteiger partial charge in [-0.1, -0.05) is 12.5 Å². The van der Waals surface area contributed by atoms with Crippen LogP contribution in [0, 0.1) is 5.92 Å². The van der Waals surface area contributed by atoms with Gasteiger partial charge in [-0.3, -0.25) is 0 Å². The maximum absolute atomic E-state index is 10.5. The third-order valence-electron chi connectivity index (χ3n) is 5.94. The van der Waals surface area contributed by atoms with E-state index in [-0.39, 0.29) is 22.9 Å². The number of aromatic nitrogens is 3. The van der Waals surface area contributed by atoms with Crippen LogP contribution in [0.5, 0.6) is 11.6 Å². The zero-order chi connectivity index (χ0) is 23.0. The summed E-state index contributed by atoms with van der Waals surface area (Å²) in [5, 5.41) is 22.7. The van der Waals surface area contributed by atoms with Gasteiger partial charge in [-0.25, -0.2) is 4.98 Å². The van der Waals surface area contributed by atoms with Crippen molar-refractivity contribution in [2.24, 2.45) is 5.92 Å². The topological polar surface area (TPSA) is 83.4 Å². The Morgan fingerprint density at radius 3 is 2.52 bits per heavy atom. The van der Waals surface area contributed by atoms with Crippen molar-refractivity contribution in [3.05, 3.63) is 36.2 Å². The Kier molecular flexibility index (Phi) is 6.28. The molecule has 0 aliphatic carbocycles. The highest BCUT2D eigenvalue weighted by Crippen LogP contribution is 2.36. The molecule has 7 nitrogen and oxygen atoms in total. The van der Waals surface area contributed by atoms with Crippen LogP contribution in [-0.2, 0) is 0 Å². The number of anilines is 1. The Morgan fingerprint density at radius 1 is 1.23 bits per heavy atom. The number of rotatable bonds is 5. The maximum atomic E-state index is 10.5. The van der Waals surface area contributed by atoms with Gasteiger partial charge in [0, 0.05) is 48.8 Å². The second-order valence-corrected chi connectivity index (χ2v) is 10.0. The number of nitrogens with one attached hydrogen (secondary N) is 1. The number of pyridine rings is 1. The van der Waals surface area contributed by atoms with Crippen LogP contribution in [0.1, 0.15) is 54.9 Å². The lowest BCUT2D eigenvalue weighted by atomic mass is 9.73. The van der Waals surface area contributed by atoms with Crippen molar-refractivity contribution in [3.8, 4) is 23.0 Å². The molecule has 1 aliphatic heterocycles. The van der Waals surface area contributed by atoms with Crippen LogP contribution in [0.15, 0.2) is 36.2 Å². The largest absolute Gasteiger partial charge is 0.506 e.